The van der Waals surface area contributed by atoms with Gasteiger partial charge in [0.15, 0.2) is 0 Å². The Morgan fingerprint density at radius 1 is 1.05 bits per heavy atom. The molecule has 1 aliphatic heterocycles. The molecule has 0 bridgehead atoms. The van der Waals surface area contributed by atoms with E-state index >= 15 is 0 Å². The van der Waals surface area contributed by atoms with Crippen LogP contribution in [0.25, 0.3) is 0 Å². The topological polar surface area (TPSA) is 15.3 Å². The molecule has 21 heavy (non-hydrogen) atoms. The average molecular weight is 286 g/mol. The zero-order chi connectivity index (χ0) is 14.5. The van der Waals surface area contributed by atoms with Crippen LogP contribution in [0.5, 0.6) is 0 Å². The molecule has 1 saturated carbocycles. The lowest BCUT2D eigenvalue weighted by Crippen LogP contribution is -2.41. The Labute approximate surface area is 129 Å². The van der Waals surface area contributed by atoms with Gasteiger partial charge in [0.05, 0.1) is 0 Å². The third kappa shape index (κ3) is 4.08. The minimum Gasteiger partial charge on any atom is -0.314 e. The fourth-order valence-corrected chi connectivity index (χ4v) is 4.23. The Balaban J connectivity index is 1.43. The monoisotopic (exact) mass is 286 g/mol. The summed E-state index contributed by atoms with van der Waals surface area (Å²) in [6, 6.07) is 12.7. The second-order valence-electron chi connectivity index (χ2n) is 6.89. The van der Waals surface area contributed by atoms with E-state index in [1.54, 1.807) is 0 Å². The van der Waals surface area contributed by atoms with Crippen LogP contribution in [0.4, 0.5) is 0 Å². The number of benzene rings is 1. The number of hydrogen-bond acceptors (Lipinski definition) is 2. The van der Waals surface area contributed by atoms with Crippen LogP contribution in [0, 0.1) is 5.92 Å². The minimum atomic E-state index is 0.780. The quantitative estimate of drug-likeness (QED) is 0.891. The maximum Gasteiger partial charge on any atom is 0.0111 e. The largest absolute Gasteiger partial charge is 0.314 e. The van der Waals surface area contributed by atoms with Crippen LogP contribution in [0.15, 0.2) is 30.3 Å². The van der Waals surface area contributed by atoms with Crippen LogP contribution >= 0.6 is 0 Å². The number of nitrogens with one attached hydrogen (secondary N) is 1. The highest BCUT2D eigenvalue weighted by Crippen LogP contribution is 2.29. The predicted molar refractivity (Wildman–Crippen MR) is 89.5 cm³/mol. The molecule has 1 aromatic rings. The maximum atomic E-state index is 3.63. The fraction of sp³-hybridized carbons (Fsp3) is 0.684. The van der Waals surface area contributed by atoms with Gasteiger partial charge in [0.1, 0.15) is 0 Å². The first kappa shape index (κ1) is 15.1. The summed E-state index contributed by atoms with van der Waals surface area (Å²) in [4.78, 5) is 2.78. The molecule has 2 atom stereocenters. The fourth-order valence-electron chi connectivity index (χ4n) is 4.23. The first-order valence-electron chi connectivity index (χ1n) is 8.86. The van der Waals surface area contributed by atoms with E-state index in [0.717, 1.165) is 24.5 Å². The lowest BCUT2D eigenvalue weighted by atomic mass is 9.89. The summed E-state index contributed by atoms with van der Waals surface area (Å²) in [5.41, 5.74) is 1.52. The van der Waals surface area contributed by atoms with Gasteiger partial charge in [-0.2, -0.15) is 0 Å². The third-order valence-corrected chi connectivity index (χ3v) is 5.43. The number of hydrogen-bond donors (Lipinski definition) is 1. The predicted octanol–water partition coefficient (Wildman–Crippen LogP) is 3.47. The second kappa shape index (κ2) is 7.42. The summed E-state index contributed by atoms with van der Waals surface area (Å²) in [7, 11) is 0. The molecule has 1 aromatic carbocycles. The van der Waals surface area contributed by atoms with Crippen molar-refractivity contribution in [3.8, 4) is 0 Å². The van der Waals surface area contributed by atoms with Crippen LogP contribution in [-0.2, 0) is 6.42 Å². The van der Waals surface area contributed by atoms with Gasteiger partial charge in [-0.1, -0.05) is 37.3 Å². The van der Waals surface area contributed by atoms with Crippen LogP contribution in [0.1, 0.15) is 44.6 Å². The van der Waals surface area contributed by atoms with Gasteiger partial charge in [-0.05, 0) is 69.6 Å². The molecular weight excluding hydrogens is 256 g/mol. The molecule has 2 fully saturated rings. The Bertz CT molecular complexity index is 409. The molecule has 1 heterocycles. The number of piperidine rings is 1. The van der Waals surface area contributed by atoms with E-state index in [0.29, 0.717) is 0 Å². The first-order valence-corrected chi connectivity index (χ1v) is 8.86. The molecule has 3 rings (SSSR count). The summed E-state index contributed by atoms with van der Waals surface area (Å²) >= 11 is 0. The van der Waals surface area contributed by atoms with E-state index < -0.39 is 0 Å². The van der Waals surface area contributed by atoms with E-state index in [1.807, 2.05) is 0 Å². The van der Waals surface area contributed by atoms with E-state index in [9.17, 15) is 0 Å². The van der Waals surface area contributed by atoms with Gasteiger partial charge in [0.25, 0.3) is 0 Å². The van der Waals surface area contributed by atoms with Crippen molar-refractivity contribution in [2.45, 2.75) is 57.5 Å². The van der Waals surface area contributed by atoms with Crippen molar-refractivity contribution < 1.29 is 0 Å². The molecular formula is C19H30N2. The van der Waals surface area contributed by atoms with Gasteiger partial charge in [-0.3, -0.25) is 0 Å². The zero-order valence-electron chi connectivity index (χ0n) is 13.4. The zero-order valence-corrected chi connectivity index (χ0v) is 13.4. The van der Waals surface area contributed by atoms with Crippen molar-refractivity contribution in [1.29, 1.82) is 0 Å². The van der Waals surface area contributed by atoms with E-state index in [-0.39, 0.29) is 0 Å². The van der Waals surface area contributed by atoms with E-state index in [1.165, 1.54) is 57.2 Å². The van der Waals surface area contributed by atoms with Crippen LogP contribution < -0.4 is 5.32 Å². The summed E-state index contributed by atoms with van der Waals surface area (Å²) in [6.45, 7) is 5.99. The molecule has 2 nitrogen and oxygen atoms in total. The highest BCUT2D eigenvalue weighted by Gasteiger charge is 2.31. The molecule has 2 heteroatoms. The van der Waals surface area contributed by atoms with Crippen molar-refractivity contribution in [3.63, 3.8) is 0 Å². The van der Waals surface area contributed by atoms with Gasteiger partial charge in [0.2, 0.25) is 0 Å². The van der Waals surface area contributed by atoms with Crippen molar-refractivity contribution in [1.82, 2.24) is 10.2 Å². The lowest BCUT2D eigenvalue weighted by molar-refractivity contribution is 0.132. The van der Waals surface area contributed by atoms with Gasteiger partial charge in [-0.15, -0.1) is 0 Å². The second-order valence-corrected chi connectivity index (χ2v) is 6.89. The highest BCUT2D eigenvalue weighted by atomic mass is 15.2. The Hall–Kier alpha value is -0.860. The van der Waals surface area contributed by atoms with Crippen LogP contribution in [0.2, 0.25) is 0 Å². The first-order chi connectivity index (χ1) is 10.3. The summed E-state index contributed by atoms with van der Waals surface area (Å²) < 4.78 is 0. The normalized spacial score (nSPS) is 28.0. The number of likely N-dealkylation sites (tertiary alicyclic amines) is 1. The SMILES string of the molecule is CCNC1CCC(N2CCC(Cc3ccccc3)CC2)C1. The Morgan fingerprint density at radius 3 is 2.52 bits per heavy atom. The molecule has 2 unspecified atom stereocenters. The van der Waals surface area contributed by atoms with E-state index in [2.05, 4.69) is 47.5 Å². The standard InChI is InChI=1S/C19H30N2/c1-2-20-18-8-9-19(15-18)21-12-10-17(11-13-21)14-16-6-4-3-5-7-16/h3-7,17-20H,2,8-15H2,1H3. The van der Waals surface area contributed by atoms with Crippen molar-refractivity contribution in [2.75, 3.05) is 19.6 Å². The maximum absolute atomic E-state index is 3.63. The molecule has 0 aromatic heterocycles. The smallest absolute Gasteiger partial charge is 0.0111 e. The van der Waals surface area contributed by atoms with Crippen molar-refractivity contribution >= 4 is 0 Å². The summed E-state index contributed by atoms with van der Waals surface area (Å²) in [5, 5.41) is 3.63. The molecule has 116 valence electrons. The average Bonchev–Trinajstić information content (AvgIpc) is 2.98. The molecule has 2 aliphatic rings. The van der Waals surface area contributed by atoms with Gasteiger partial charge >= 0.3 is 0 Å². The van der Waals surface area contributed by atoms with Crippen molar-refractivity contribution in [2.24, 2.45) is 5.92 Å². The van der Waals surface area contributed by atoms with E-state index in [4.69, 9.17) is 0 Å². The molecule has 0 radical (unpaired) electrons. The van der Waals surface area contributed by atoms with Gasteiger partial charge < -0.3 is 10.2 Å². The highest BCUT2D eigenvalue weighted by molar-refractivity contribution is 5.15. The Morgan fingerprint density at radius 2 is 1.81 bits per heavy atom. The number of nitrogens with zero attached hydrogens (tertiary/aromatic N) is 1. The number of rotatable bonds is 5. The molecule has 0 spiro atoms. The van der Waals surface area contributed by atoms with Gasteiger partial charge in [-0.25, -0.2) is 0 Å². The molecule has 0 amide bonds. The van der Waals surface area contributed by atoms with Gasteiger partial charge in [0, 0.05) is 12.1 Å². The molecule has 1 saturated heterocycles. The third-order valence-electron chi connectivity index (χ3n) is 5.43. The van der Waals surface area contributed by atoms with Crippen LogP contribution in [-0.4, -0.2) is 36.6 Å². The lowest BCUT2D eigenvalue weighted by Gasteiger charge is -2.36. The van der Waals surface area contributed by atoms with Crippen molar-refractivity contribution in [3.05, 3.63) is 35.9 Å². The summed E-state index contributed by atoms with van der Waals surface area (Å²) in [6.07, 6.45) is 8.20. The van der Waals surface area contributed by atoms with Crippen LogP contribution in [0.3, 0.4) is 0 Å². The summed E-state index contributed by atoms with van der Waals surface area (Å²) in [5.74, 6) is 0.898. The molecule has 1 N–H and O–H groups in total. The minimum absolute atomic E-state index is 0.780. The Kier molecular flexibility index (Phi) is 5.32. The molecule has 1 aliphatic carbocycles.